The summed E-state index contributed by atoms with van der Waals surface area (Å²) in [6.45, 7) is 4.34. The van der Waals surface area contributed by atoms with Gasteiger partial charge in [-0.1, -0.05) is 12.1 Å². The average molecular weight is 237 g/mol. The second-order valence-corrected chi connectivity index (χ2v) is 3.92. The number of nitrogens with zero attached hydrogens (tertiary/aromatic N) is 2. The van der Waals surface area contributed by atoms with Gasteiger partial charge >= 0.3 is 0 Å². The second-order valence-electron chi connectivity index (χ2n) is 3.53. The van der Waals surface area contributed by atoms with E-state index in [1.165, 1.54) is 0 Å². The van der Waals surface area contributed by atoms with Crippen molar-refractivity contribution in [2.45, 2.75) is 20.4 Å². The van der Waals surface area contributed by atoms with Crippen LogP contribution in [0.25, 0.3) is 11.4 Å². The number of halogens is 1. The molecule has 0 aliphatic heterocycles. The van der Waals surface area contributed by atoms with E-state index in [1.54, 1.807) is 23.6 Å². The van der Waals surface area contributed by atoms with Crippen molar-refractivity contribution in [3.05, 3.63) is 34.4 Å². The first-order valence-electron chi connectivity index (χ1n) is 5.05. The van der Waals surface area contributed by atoms with Crippen molar-refractivity contribution in [3.63, 3.8) is 0 Å². The van der Waals surface area contributed by atoms with Gasteiger partial charge in [0, 0.05) is 6.54 Å². The minimum absolute atomic E-state index is 0.244. The molecule has 84 valence electrons. The molecule has 0 fully saturated rings. The average Bonchev–Trinajstić information content (AvgIpc) is 2.63. The van der Waals surface area contributed by atoms with E-state index < -0.39 is 0 Å². The minimum Gasteiger partial charge on any atom is -0.300 e. The Hall–Kier alpha value is -1.49. The van der Waals surface area contributed by atoms with Crippen LogP contribution < -0.4 is 0 Å². The van der Waals surface area contributed by atoms with Crippen LogP contribution in [0.3, 0.4) is 0 Å². The van der Waals surface area contributed by atoms with E-state index in [-0.39, 0.29) is 5.82 Å². The topological polar surface area (TPSA) is 33.6 Å². The first kappa shape index (κ1) is 11.0. The van der Waals surface area contributed by atoms with Crippen molar-refractivity contribution in [2.75, 3.05) is 0 Å². The molecule has 0 amide bonds. The number of aryl methyl sites for hydroxylation is 1. The molecule has 2 aromatic rings. The van der Waals surface area contributed by atoms with E-state index in [0.717, 1.165) is 0 Å². The summed E-state index contributed by atoms with van der Waals surface area (Å²) in [6.07, 6.45) is 0. The third-order valence-corrected chi connectivity index (χ3v) is 2.82. The molecular weight excluding hydrogens is 225 g/mol. The Kier molecular flexibility index (Phi) is 2.87. The summed E-state index contributed by atoms with van der Waals surface area (Å²) in [5.41, 5.74) is 1.09. The van der Waals surface area contributed by atoms with Crippen LogP contribution in [0.1, 0.15) is 12.5 Å². The second kappa shape index (κ2) is 4.17. The minimum atomic E-state index is -0.244. The van der Waals surface area contributed by atoms with Gasteiger partial charge in [0.2, 0.25) is 0 Å². The molecule has 0 atom stereocenters. The van der Waals surface area contributed by atoms with Crippen molar-refractivity contribution in [1.82, 2.24) is 14.8 Å². The van der Waals surface area contributed by atoms with Gasteiger partial charge in [-0.2, -0.15) is 5.10 Å². The molecule has 1 aromatic heterocycles. The number of hydrogen-bond donors (Lipinski definition) is 1. The zero-order valence-corrected chi connectivity index (χ0v) is 9.94. The van der Waals surface area contributed by atoms with Gasteiger partial charge in [-0.25, -0.2) is 4.39 Å². The van der Waals surface area contributed by atoms with Crippen LogP contribution in [0.4, 0.5) is 4.39 Å². The molecule has 0 spiro atoms. The summed E-state index contributed by atoms with van der Waals surface area (Å²) in [4.78, 5) is 0. The molecule has 0 unspecified atom stereocenters. The van der Waals surface area contributed by atoms with E-state index in [4.69, 9.17) is 12.2 Å². The summed E-state index contributed by atoms with van der Waals surface area (Å²) in [5, 5.41) is 6.75. The Morgan fingerprint density at radius 2 is 2.25 bits per heavy atom. The lowest BCUT2D eigenvalue weighted by molar-refractivity contribution is 0.618. The molecule has 1 N–H and O–H groups in total. The Morgan fingerprint density at radius 3 is 2.94 bits per heavy atom. The molecule has 1 heterocycles. The Bertz CT molecular complexity index is 571. The zero-order valence-electron chi connectivity index (χ0n) is 9.12. The van der Waals surface area contributed by atoms with Crippen LogP contribution in [0, 0.1) is 17.5 Å². The summed E-state index contributed by atoms with van der Waals surface area (Å²) < 4.78 is 16.2. The molecule has 0 bridgehead atoms. The number of H-pyrrole nitrogens is 1. The van der Waals surface area contributed by atoms with Crippen molar-refractivity contribution < 1.29 is 4.39 Å². The Balaban J connectivity index is 2.68. The highest BCUT2D eigenvalue weighted by Crippen LogP contribution is 2.22. The van der Waals surface area contributed by atoms with Crippen molar-refractivity contribution in [1.29, 1.82) is 0 Å². The largest absolute Gasteiger partial charge is 0.300 e. The quantitative estimate of drug-likeness (QED) is 0.814. The van der Waals surface area contributed by atoms with Gasteiger partial charge in [0.05, 0.1) is 5.56 Å². The molecule has 16 heavy (non-hydrogen) atoms. The molecule has 3 nitrogen and oxygen atoms in total. The lowest BCUT2D eigenvalue weighted by Crippen LogP contribution is -2.00. The third kappa shape index (κ3) is 1.67. The van der Waals surface area contributed by atoms with E-state index in [0.29, 0.717) is 28.3 Å². The van der Waals surface area contributed by atoms with Crippen LogP contribution in [0.5, 0.6) is 0 Å². The fourth-order valence-corrected chi connectivity index (χ4v) is 1.90. The maximum atomic E-state index is 13.9. The van der Waals surface area contributed by atoms with Gasteiger partial charge in [0.15, 0.2) is 10.6 Å². The highest BCUT2D eigenvalue weighted by molar-refractivity contribution is 7.71. The number of nitrogens with one attached hydrogen (secondary N) is 1. The normalized spacial score (nSPS) is 10.7. The molecule has 5 heteroatoms. The molecule has 0 saturated heterocycles. The van der Waals surface area contributed by atoms with Crippen molar-refractivity contribution in [3.8, 4) is 11.4 Å². The van der Waals surface area contributed by atoms with Gasteiger partial charge in [0.1, 0.15) is 5.82 Å². The molecule has 0 aliphatic carbocycles. The SMILES string of the molecule is CCn1c(-c2cccc(C)c2F)n[nH]c1=S. The summed E-state index contributed by atoms with van der Waals surface area (Å²) in [6, 6.07) is 5.25. The first-order chi connectivity index (χ1) is 7.65. The molecule has 1 aromatic carbocycles. The van der Waals surface area contributed by atoms with Gasteiger partial charge in [0.25, 0.3) is 0 Å². The highest BCUT2D eigenvalue weighted by atomic mass is 32.1. The van der Waals surface area contributed by atoms with Crippen molar-refractivity contribution in [2.24, 2.45) is 0 Å². The number of rotatable bonds is 2. The Morgan fingerprint density at radius 1 is 1.50 bits per heavy atom. The standard InChI is InChI=1S/C11H12FN3S/c1-3-15-10(13-14-11(15)16)8-6-4-5-7(2)9(8)12/h4-6H,3H2,1-2H3,(H,14,16). The van der Waals surface area contributed by atoms with Crippen LogP contribution in [-0.2, 0) is 6.54 Å². The van der Waals surface area contributed by atoms with Crippen LogP contribution >= 0.6 is 12.2 Å². The molecule has 0 radical (unpaired) electrons. The zero-order chi connectivity index (χ0) is 11.7. The van der Waals surface area contributed by atoms with Gasteiger partial charge in [-0.15, -0.1) is 0 Å². The smallest absolute Gasteiger partial charge is 0.195 e. The van der Waals surface area contributed by atoms with E-state index in [1.807, 2.05) is 13.0 Å². The van der Waals surface area contributed by atoms with Crippen LogP contribution in [0.15, 0.2) is 18.2 Å². The maximum Gasteiger partial charge on any atom is 0.195 e. The van der Waals surface area contributed by atoms with E-state index in [2.05, 4.69) is 10.2 Å². The number of hydrogen-bond acceptors (Lipinski definition) is 2. The lowest BCUT2D eigenvalue weighted by atomic mass is 10.1. The fraction of sp³-hybridized carbons (Fsp3) is 0.273. The predicted molar refractivity (Wildman–Crippen MR) is 63.2 cm³/mol. The Labute approximate surface area is 97.9 Å². The molecule has 2 rings (SSSR count). The van der Waals surface area contributed by atoms with E-state index in [9.17, 15) is 4.39 Å². The monoisotopic (exact) mass is 237 g/mol. The molecule has 0 saturated carbocycles. The molecular formula is C11H12FN3S. The van der Waals surface area contributed by atoms with Crippen LogP contribution in [-0.4, -0.2) is 14.8 Å². The van der Waals surface area contributed by atoms with Crippen LogP contribution in [0.2, 0.25) is 0 Å². The van der Waals surface area contributed by atoms with Gasteiger partial charge in [-0.05, 0) is 37.7 Å². The summed E-state index contributed by atoms with van der Waals surface area (Å²) >= 11 is 5.07. The third-order valence-electron chi connectivity index (χ3n) is 2.51. The summed E-state index contributed by atoms with van der Waals surface area (Å²) in [7, 11) is 0. The predicted octanol–water partition coefficient (Wildman–Crippen LogP) is 3.08. The number of aromatic nitrogens is 3. The maximum absolute atomic E-state index is 13.9. The lowest BCUT2D eigenvalue weighted by Gasteiger charge is -2.06. The highest BCUT2D eigenvalue weighted by Gasteiger charge is 2.13. The molecule has 0 aliphatic rings. The first-order valence-corrected chi connectivity index (χ1v) is 5.46. The van der Waals surface area contributed by atoms with Gasteiger partial charge in [-0.3, -0.25) is 5.10 Å². The van der Waals surface area contributed by atoms with Crippen molar-refractivity contribution >= 4 is 12.2 Å². The van der Waals surface area contributed by atoms with E-state index >= 15 is 0 Å². The number of benzene rings is 1. The number of aromatic amines is 1. The van der Waals surface area contributed by atoms with Gasteiger partial charge < -0.3 is 4.57 Å². The summed E-state index contributed by atoms with van der Waals surface area (Å²) in [5.74, 6) is 0.305. The fourth-order valence-electron chi connectivity index (χ4n) is 1.64.